The van der Waals surface area contributed by atoms with Crippen molar-refractivity contribution in [1.29, 1.82) is 0 Å². The molecule has 0 aliphatic rings. The lowest BCUT2D eigenvalue weighted by Crippen LogP contribution is -2.31. The number of aryl methyl sites for hydroxylation is 3. The molecule has 0 bridgehead atoms. The van der Waals surface area contributed by atoms with Gasteiger partial charge in [0.25, 0.3) is 5.91 Å². The molecule has 0 radical (unpaired) electrons. The molecule has 0 spiro atoms. The molecule has 1 amide bonds. The third-order valence-electron chi connectivity index (χ3n) is 4.75. The van der Waals surface area contributed by atoms with Crippen LogP contribution in [0.2, 0.25) is 0 Å². The van der Waals surface area contributed by atoms with Crippen LogP contribution in [-0.4, -0.2) is 23.5 Å². The van der Waals surface area contributed by atoms with Gasteiger partial charge in [-0.05, 0) is 44.4 Å². The van der Waals surface area contributed by atoms with E-state index < -0.39 is 5.97 Å². The fraction of sp³-hybridized carbons (Fsp3) is 0.261. The molecule has 0 saturated carbocycles. The number of thiazole rings is 1. The highest BCUT2D eigenvalue weighted by Gasteiger charge is 2.19. The molecule has 0 fully saturated rings. The molecule has 0 aliphatic carbocycles. The van der Waals surface area contributed by atoms with Gasteiger partial charge in [-0.25, -0.2) is 9.78 Å². The molecule has 2 aromatic carbocycles. The maximum absolute atomic E-state index is 12.4. The summed E-state index contributed by atoms with van der Waals surface area (Å²) < 4.78 is 5.22. The van der Waals surface area contributed by atoms with Crippen molar-refractivity contribution in [2.24, 2.45) is 0 Å². The molecule has 3 rings (SSSR count). The van der Waals surface area contributed by atoms with E-state index in [1.807, 2.05) is 63.2 Å². The molecule has 29 heavy (non-hydrogen) atoms. The predicted molar refractivity (Wildman–Crippen MR) is 115 cm³/mol. The molecule has 1 aromatic heterocycles. The second kappa shape index (κ2) is 9.01. The second-order valence-electron chi connectivity index (χ2n) is 7.01. The predicted octanol–water partition coefficient (Wildman–Crippen LogP) is 4.77. The lowest BCUT2D eigenvalue weighted by molar-refractivity contribution is -0.124. The molecule has 3 aromatic rings. The van der Waals surface area contributed by atoms with E-state index in [0.29, 0.717) is 10.6 Å². The van der Waals surface area contributed by atoms with Gasteiger partial charge in [-0.15, -0.1) is 11.3 Å². The van der Waals surface area contributed by atoms with Crippen LogP contribution in [0.15, 0.2) is 48.5 Å². The Morgan fingerprint density at radius 2 is 1.79 bits per heavy atom. The fourth-order valence-corrected chi connectivity index (χ4v) is 3.85. The number of esters is 1. The molecule has 0 unspecified atom stereocenters. The Morgan fingerprint density at radius 3 is 2.48 bits per heavy atom. The molecule has 0 aliphatic heterocycles. The van der Waals surface area contributed by atoms with Gasteiger partial charge >= 0.3 is 5.97 Å². The Kier molecular flexibility index (Phi) is 6.44. The average molecular weight is 409 g/mol. The number of ether oxygens (including phenoxy) is 1. The molecular weight excluding hydrogens is 384 g/mol. The van der Waals surface area contributed by atoms with Crippen molar-refractivity contribution < 1.29 is 14.3 Å². The number of aromatic nitrogens is 1. The third kappa shape index (κ3) is 5.09. The van der Waals surface area contributed by atoms with E-state index in [0.717, 1.165) is 16.1 Å². The topological polar surface area (TPSA) is 68.3 Å². The van der Waals surface area contributed by atoms with E-state index in [2.05, 4.69) is 16.4 Å². The molecule has 0 saturated heterocycles. The summed E-state index contributed by atoms with van der Waals surface area (Å²) >= 11 is 1.27. The number of hydrogen-bond acceptors (Lipinski definition) is 5. The van der Waals surface area contributed by atoms with Gasteiger partial charge in [0.2, 0.25) is 0 Å². The van der Waals surface area contributed by atoms with E-state index >= 15 is 0 Å². The first-order chi connectivity index (χ1) is 13.8. The molecule has 6 heteroatoms. The molecular formula is C23H24N2O3S. The maximum atomic E-state index is 12.4. The number of amides is 1. The summed E-state index contributed by atoms with van der Waals surface area (Å²) in [6.45, 7) is 7.43. The van der Waals surface area contributed by atoms with Gasteiger partial charge in [0.05, 0.1) is 11.7 Å². The smallest absolute Gasteiger partial charge is 0.350 e. The van der Waals surface area contributed by atoms with E-state index in [4.69, 9.17) is 4.74 Å². The normalized spacial score (nSPS) is 11.7. The lowest BCUT2D eigenvalue weighted by atomic mass is 10.0. The van der Waals surface area contributed by atoms with Crippen LogP contribution in [0, 0.1) is 20.8 Å². The standard InChI is InChI=1S/C23H24N2O3S/c1-14-10-11-19(12-15(14)2)16(3)24-20(26)13-28-23(27)21-17(4)25-22(29-21)18-8-6-5-7-9-18/h5-12,16H,13H2,1-4H3,(H,24,26)/t16-/m0/s1. The van der Waals surface area contributed by atoms with Crippen LogP contribution in [0.1, 0.15) is 45.0 Å². The summed E-state index contributed by atoms with van der Waals surface area (Å²) in [4.78, 5) is 29.5. The van der Waals surface area contributed by atoms with Gasteiger partial charge in [0, 0.05) is 5.56 Å². The average Bonchev–Trinajstić information content (AvgIpc) is 3.10. The minimum absolute atomic E-state index is 0.171. The van der Waals surface area contributed by atoms with Crippen molar-refractivity contribution in [3.05, 3.63) is 75.8 Å². The summed E-state index contributed by atoms with van der Waals surface area (Å²) in [6, 6.07) is 15.6. The molecule has 5 nitrogen and oxygen atoms in total. The summed E-state index contributed by atoms with van der Waals surface area (Å²) in [5, 5.41) is 3.62. The zero-order valence-electron chi connectivity index (χ0n) is 17.0. The largest absolute Gasteiger partial charge is 0.451 e. The summed E-state index contributed by atoms with van der Waals surface area (Å²) in [5.74, 6) is -0.870. The number of nitrogens with zero attached hydrogens (tertiary/aromatic N) is 1. The van der Waals surface area contributed by atoms with Crippen molar-refractivity contribution in [2.75, 3.05) is 6.61 Å². The Balaban J connectivity index is 1.58. The van der Waals surface area contributed by atoms with E-state index in [9.17, 15) is 9.59 Å². The Labute approximate surface area is 174 Å². The van der Waals surface area contributed by atoms with Gasteiger partial charge in [-0.2, -0.15) is 0 Å². The van der Waals surface area contributed by atoms with Gasteiger partial charge < -0.3 is 10.1 Å². The Morgan fingerprint density at radius 1 is 1.07 bits per heavy atom. The first kappa shape index (κ1) is 20.7. The SMILES string of the molecule is Cc1ccc([C@H](C)NC(=O)COC(=O)c2sc(-c3ccccc3)nc2C)cc1C. The van der Waals surface area contributed by atoms with Crippen molar-refractivity contribution in [3.63, 3.8) is 0 Å². The number of hydrogen-bond donors (Lipinski definition) is 1. The van der Waals surface area contributed by atoms with Crippen LogP contribution >= 0.6 is 11.3 Å². The van der Waals surface area contributed by atoms with Crippen LogP contribution < -0.4 is 5.32 Å². The van der Waals surface area contributed by atoms with Crippen LogP contribution in [0.4, 0.5) is 0 Å². The fourth-order valence-electron chi connectivity index (χ4n) is 2.89. The van der Waals surface area contributed by atoms with Crippen LogP contribution in [0.5, 0.6) is 0 Å². The van der Waals surface area contributed by atoms with Crippen molar-refractivity contribution in [3.8, 4) is 10.6 Å². The van der Waals surface area contributed by atoms with E-state index in [1.165, 1.54) is 22.5 Å². The van der Waals surface area contributed by atoms with Gasteiger partial charge in [-0.3, -0.25) is 4.79 Å². The zero-order valence-corrected chi connectivity index (χ0v) is 17.8. The first-order valence-electron chi connectivity index (χ1n) is 9.41. The quantitative estimate of drug-likeness (QED) is 0.597. The third-order valence-corrected chi connectivity index (χ3v) is 5.93. The summed E-state index contributed by atoms with van der Waals surface area (Å²) in [7, 11) is 0. The second-order valence-corrected chi connectivity index (χ2v) is 8.01. The molecule has 1 heterocycles. The molecule has 1 N–H and O–H groups in total. The van der Waals surface area contributed by atoms with E-state index in [-0.39, 0.29) is 18.6 Å². The minimum atomic E-state index is -0.531. The number of benzene rings is 2. The van der Waals surface area contributed by atoms with E-state index in [1.54, 1.807) is 6.92 Å². The molecule has 1 atom stereocenters. The highest BCUT2D eigenvalue weighted by Crippen LogP contribution is 2.28. The highest BCUT2D eigenvalue weighted by molar-refractivity contribution is 7.17. The molecule has 150 valence electrons. The van der Waals surface area contributed by atoms with Crippen molar-refractivity contribution in [2.45, 2.75) is 33.7 Å². The number of carbonyl (C=O) groups excluding carboxylic acids is 2. The van der Waals surface area contributed by atoms with Gasteiger partial charge in [0.1, 0.15) is 9.88 Å². The van der Waals surface area contributed by atoms with Crippen LogP contribution in [-0.2, 0) is 9.53 Å². The highest BCUT2D eigenvalue weighted by atomic mass is 32.1. The van der Waals surface area contributed by atoms with Crippen molar-refractivity contribution in [1.82, 2.24) is 10.3 Å². The number of nitrogens with one attached hydrogen (secondary N) is 1. The summed E-state index contributed by atoms with van der Waals surface area (Å²) in [6.07, 6.45) is 0. The maximum Gasteiger partial charge on any atom is 0.350 e. The summed E-state index contributed by atoms with van der Waals surface area (Å²) in [5.41, 5.74) is 4.93. The van der Waals surface area contributed by atoms with Gasteiger partial charge in [-0.1, -0.05) is 48.5 Å². The van der Waals surface area contributed by atoms with Crippen LogP contribution in [0.3, 0.4) is 0 Å². The lowest BCUT2D eigenvalue weighted by Gasteiger charge is -2.15. The minimum Gasteiger partial charge on any atom is -0.451 e. The zero-order chi connectivity index (χ0) is 21.0. The monoisotopic (exact) mass is 408 g/mol. The van der Waals surface area contributed by atoms with Crippen molar-refractivity contribution >= 4 is 23.2 Å². The number of carbonyl (C=O) groups is 2. The van der Waals surface area contributed by atoms with Crippen LogP contribution in [0.25, 0.3) is 10.6 Å². The Bertz CT molecular complexity index is 1030. The van der Waals surface area contributed by atoms with Gasteiger partial charge in [0.15, 0.2) is 6.61 Å². The first-order valence-corrected chi connectivity index (χ1v) is 10.2. The number of rotatable bonds is 6. The Hall–Kier alpha value is -2.99.